The van der Waals surface area contributed by atoms with Gasteiger partial charge in [-0.25, -0.2) is 0 Å². The van der Waals surface area contributed by atoms with E-state index in [-0.39, 0.29) is 0 Å². The Morgan fingerprint density at radius 2 is 1.10 bits per heavy atom. The molecule has 3 nitrogen and oxygen atoms in total. The van der Waals surface area contributed by atoms with Crippen molar-refractivity contribution in [3.8, 4) is 16.8 Å². The second-order valence-electron chi connectivity index (χ2n) is 12.6. The van der Waals surface area contributed by atoms with Crippen LogP contribution >= 0.6 is 0 Å². The summed E-state index contributed by atoms with van der Waals surface area (Å²) in [7, 11) is 0. The molecular formula is C46H30N2O. The highest BCUT2D eigenvalue weighted by atomic mass is 16.3. The standard InChI is InChI=1S/C46H30N2O/c1-3-14-31(15-4-1)35-19-7-10-22-41(35)48(43-24-13-16-32-28-40-37-21-9-12-25-45(37)49-46(40)30-38(32)43)34-26-27-44-39(29-34)36-20-8-11-23-42(36)47(44)33-17-5-2-6-18-33/h1-30H. The van der Waals surface area contributed by atoms with Crippen LogP contribution in [0.3, 0.4) is 0 Å². The van der Waals surface area contributed by atoms with Crippen molar-refractivity contribution in [1.82, 2.24) is 4.57 Å². The van der Waals surface area contributed by atoms with Gasteiger partial charge in [-0.3, -0.25) is 0 Å². The number of nitrogens with zero attached hydrogens (tertiary/aromatic N) is 2. The Kier molecular flexibility index (Phi) is 6.18. The molecule has 0 saturated carbocycles. The first kappa shape index (κ1) is 27.5. The molecule has 0 unspecified atom stereocenters. The average Bonchev–Trinajstić information content (AvgIpc) is 3.70. The predicted molar refractivity (Wildman–Crippen MR) is 206 cm³/mol. The predicted octanol–water partition coefficient (Wildman–Crippen LogP) is 13.0. The highest BCUT2D eigenvalue weighted by Gasteiger charge is 2.22. The van der Waals surface area contributed by atoms with E-state index in [1.165, 1.54) is 32.8 Å². The van der Waals surface area contributed by atoms with Gasteiger partial charge in [0.2, 0.25) is 0 Å². The van der Waals surface area contributed by atoms with Gasteiger partial charge in [0.05, 0.1) is 22.4 Å². The maximum absolute atomic E-state index is 6.43. The van der Waals surface area contributed by atoms with E-state index in [1.807, 2.05) is 12.1 Å². The zero-order valence-corrected chi connectivity index (χ0v) is 26.6. The van der Waals surface area contributed by atoms with Crippen LogP contribution < -0.4 is 4.90 Å². The largest absolute Gasteiger partial charge is 0.456 e. The number of anilines is 3. The maximum Gasteiger partial charge on any atom is 0.136 e. The van der Waals surface area contributed by atoms with Gasteiger partial charge < -0.3 is 13.9 Å². The monoisotopic (exact) mass is 626 g/mol. The molecule has 8 aromatic carbocycles. The number of rotatable bonds is 5. The van der Waals surface area contributed by atoms with Crippen LogP contribution in [0.25, 0.3) is 71.3 Å². The maximum atomic E-state index is 6.43. The van der Waals surface area contributed by atoms with Gasteiger partial charge >= 0.3 is 0 Å². The number of hydrogen-bond donors (Lipinski definition) is 0. The zero-order valence-electron chi connectivity index (χ0n) is 26.6. The minimum Gasteiger partial charge on any atom is -0.456 e. The van der Waals surface area contributed by atoms with Crippen molar-refractivity contribution in [2.45, 2.75) is 0 Å². The lowest BCUT2D eigenvalue weighted by Crippen LogP contribution is -2.11. The highest BCUT2D eigenvalue weighted by Crippen LogP contribution is 2.46. The van der Waals surface area contributed by atoms with Crippen molar-refractivity contribution in [3.05, 3.63) is 182 Å². The Labute approximate surface area is 283 Å². The van der Waals surface area contributed by atoms with E-state index in [9.17, 15) is 0 Å². The summed E-state index contributed by atoms with van der Waals surface area (Å²) >= 11 is 0. The summed E-state index contributed by atoms with van der Waals surface area (Å²) in [5.41, 5.74) is 10.9. The number of hydrogen-bond acceptors (Lipinski definition) is 2. The Morgan fingerprint density at radius 3 is 1.98 bits per heavy atom. The SMILES string of the molecule is c1ccc(-c2ccccc2N(c2ccc3c(c2)c2ccccc2n3-c2ccccc2)c2cccc3cc4c(cc23)oc2ccccc24)cc1. The quantitative estimate of drug-likeness (QED) is 0.190. The van der Waals surface area contributed by atoms with Crippen LogP contribution in [-0.4, -0.2) is 4.57 Å². The van der Waals surface area contributed by atoms with Crippen molar-refractivity contribution in [2.75, 3.05) is 4.90 Å². The second kappa shape index (κ2) is 11.0. The molecule has 2 heterocycles. The van der Waals surface area contributed by atoms with Crippen LogP contribution in [0.1, 0.15) is 0 Å². The van der Waals surface area contributed by atoms with E-state index < -0.39 is 0 Å². The molecule has 230 valence electrons. The van der Waals surface area contributed by atoms with Crippen LogP contribution in [-0.2, 0) is 0 Å². The lowest BCUT2D eigenvalue weighted by Gasteiger charge is -2.29. The van der Waals surface area contributed by atoms with Crippen LogP contribution in [0.5, 0.6) is 0 Å². The fourth-order valence-corrected chi connectivity index (χ4v) is 7.57. The molecule has 0 saturated heterocycles. The number of benzene rings is 8. The van der Waals surface area contributed by atoms with Gasteiger partial charge in [0.25, 0.3) is 0 Å². The molecule has 10 rings (SSSR count). The Hall–Kier alpha value is -6.58. The third-order valence-corrected chi connectivity index (χ3v) is 9.75. The summed E-state index contributed by atoms with van der Waals surface area (Å²) in [6.45, 7) is 0. The van der Waals surface area contributed by atoms with E-state index in [4.69, 9.17) is 4.42 Å². The Balaban J connectivity index is 1.27. The van der Waals surface area contributed by atoms with E-state index in [2.05, 4.69) is 179 Å². The molecule has 0 amide bonds. The molecule has 0 aliphatic heterocycles. The first-order valence-corrected chi connectivity index (χ1v) is 16.7. The minimum atomic E-state index is 0.888. The summed E-state index contributed by atoms with van der Waals surface area (Å²) in [5, 5.41) is 6.99. The van der Waals surface area contributed by atoms with Crippen molar-refractivity contribution in [3.63, 3.8) is 0 Å². The topological polar surface area (TPSA) is 21.3 Å². The average molecular weight is 627 g/mol. The molecule has 2 aromatic heterocycles. The molecule has 0 aliphatic rings. The molecule has 0 spiro atoms. The van der Waals surface area contributed by atoms with E-state index >= 15 is 0 Å². The minimum absolute atomic E-state index is 0.888. The molecule has 0 radical (unpaired) electrons. The van der Waals surface area contributed by atoms with Crippen molar-refractivity contribution < 1.29 is 4.42 Å². The van der Waals surface area contributed by atoms with Gasteiger partial charge in [-0.1, -0.05) is 115 Å². The molecule has 0 fully saturated rings. The Morgan fingerprint density at radius 1 is 0.408 bits per heavy atom. The van der Waals surface area contributed by atoms with Gasteiger partial charge in [-0.15, -0.1) is 0 Å². The third kappa shape index (κ3) is 4.37. The Bertz CT molecular complexity index is 2830. The van der Waals surface area contributed by atoms with Crippen molar-refractivity contribution >= 4 is 71.6 Å². The number of aromatic nitrogens is 1. The smallest absolute Gasteiger partial charge is 0.136 e. The van der Waals surface area contributed by atoms with Gasteiger partial charge in [0, 0.05) is 43.9 Å². The molecule has 49 heavy (non-hydrogen) atoms. The summed E-state index contributed by atoms with van der Waals surface area (Å²) in [6.07, 6.45) is 0. The normalized spacial score (nSPS) is 11.7. The third-order valence-electron chi connectivity index (χ3n) is 9.75. The van der Waals surface area contributed by atoms with E-state index in [0.717, 1.165) is 55.6 Å². The lowest BCUT2D eigenvalue weighted by atomic mass is 9.99. The summed E-state index contributed by atoms with van der Waals surface area (Å²) in [5.74, 6) is 0. The number of para-hydroxylation sites is 4. The molecule has 3 heteroatoms. The van der Waals surface area contributed by atoms with Crippen molar-refractivity contribution in [2.24, 2.45) is 0 Å². The zero-order chi connectivity index (χ0) is 32.3. The molecule has 0 bridgehead atoms. The molecule has 0 N–H and O–H groups in total. The van der Waals surface area contributed by atoms with Gasteiger partial charge in [-0.05, 0) is 77.7 Å². The van der Waals surface area contributed by atoms with Crippen LogP contribution in [0, 0.1) is 0 Å². The van der Waals surface area contributed by atoms with Gasteiger partial charge in [-0.2, -0.15) is 0 Å². The fourth-order valence-electron chi connectivity index (χ4n) is 7.57. The molecule has 0 atom stereocenters. The summed E-state index contributed by atoms with van der Waals surface area (Å²) in [4.78, 5) is 2.42. The summed E-state index contributed by atoms with van der Waals surface area (Å²) < 4.78 is 8.80. The van der Waals surface area contributed by atoms with Crippen LogP contribution in [0.15, 0.2) is 186 Å². The van der Waals surface area contributed by atoms with Crippen LogP contribution in [0.4, 0.5) is 17.1 Å². The lowest BCUT2D eigenvalue weighted by molar-refractivity contribution is 0.669. The van der Waals surface area contributed by atoms with Crippen LogP contribution in [0.2, 0.25) is 0 Å². The fraction of sp³-hybridized carbons (Fsp3) is 0. The van der Waals surface area contributed by atoms with Gasteiger partial charge in [0.15, 0.2) is 0 Å². The molecular weight excluding hydrogens is 597 g/mol. The first-order chi connectivity index (χ1) is 24.3. The second-order valence-corrected chi connectivity index (χ2v) is 12.6. The van der Waals surface area contributed by atoms with Crippen molar-refractivity contribution in [1.29, 1.82) is 0 Å². The van der Waals surface area contributed by atoms with Gasteiger partial charge in [0.1, 0.15) is 11.2 Å². The molecule has 0 aliphatic carbocycles. The molecule has 10 aromatic rings. The van der Waals surface area contributed by atoms with E-state index in [1.54, 1.807) is 0 Å². The number of fused-ring (bicyclic) bond motifs is 7. The highest BCUT2D eigenvalue weighted by molar-refractivity contribution is 6.14. The number of furan rings is 1. The summed E-state index contributed by atoms with van der Waals surface area (Å²) in [6, 6.07) is 65.0. The van der Waals surface area contributed by atoms with E-state index in [0.29, 0.717) is 0 Å². The first-order valence-electron chi connectivity index (χ1n) is 16.7.